The van der Waals surface area contributed by atoms with E-state index in [1.807, 2.05) is 91.5 Å². The lowest BCUT2D eigenvalue weighted by Gasteiger charge is -2.20. The molecule has 0 spiro atoms. The minimum absolute atomic E-state index is 0.208. The number of nitrogens with one attached hydrogen (secondary N) is 1. The number of amides is 1. The average Bonchev–Trinajstić information content (AvgIpc) is 3.23. The third-order valence-corrected chi connectivity index (χ3v) is 5.22. The molecule has 156 valence electrons. The van der Waals surface area contributed by atoms with Crippen molar-refractivity contribution < 1.29 is 9.53 Å². The zero-order chi connectivity index (χ0) is 21.8. The molecule has 2 heterocycles. The first kappa shape index (κ1) is 20.3. The highest BCUT2D eigenvalue weighted by molar-refractivity contribution is 5.96. The van der Waals surface area contributed by atoms with E-state index in [9.17, 15) is 4.79 Å². The first-order valence-corrected chi connectivity index (χ1v) is 10.0. The Hall–Kier alpha value is -3.93. The van der Waals surface area contributed by atoms with Crippen molar-refractivity contribution in [3.8, 4) is 17.0 Å². The topological polar surface area (TPSA) is 69.0 Å². The second kappa shape index (κ2) is 8.83. The van der Waals surface area contributed by atoms with Gasteiger partial charge in [-0.2, -0.15) is 0 Å². The second-order valence-electron chi connectivity index (χ2n) is 7.27. The van der Waals surface area contributed by atoms with Gasteiger partial charge in [-0.25, -0.2) is 4.98 Å². The van der Waals surface area contributed by atoms with Gasteiger partial charge in [0.1, 0.15) is 17.6 Å². The number of nitrogens with zero attached hydrogens (tertiary/aromatic N) is 3. The summed E-state index contributed by atoms with van der Waals surface area (Å²) in [5.41, 5.74) is 3.93. The highest BCUT2D eigenvalue weighted by atomic mass is 16.5. The summed E-state index contributed by atoms with van der Waals surface area (Å²) in [6.45, 7) is 1.85. The second-order valence-corrected chi connectivity index (χ2v) is 7.27. The van der Waals surface area contributed by atoms with Crippen LogP contribution in [0.1, 0.15) is 33.5 Å². The van der Waals surface area contributed by atoms with Crippen molar-refractivity contribution in [3.05, 3.63) is 102 Å². The highest BCUT2D eigenvalue weighted by Crippen LogP contribution is 2.25. The molecule has 4 aromatic rings. The van der Waals surface area contributed by atoms with E-state index in [1.54, 1.807) is 13.3 Å². The van der Waals surface area contributed by atoms with Crippen LogP contribution < -0.4 is 10.1 Å². The normalized spacial score (nSPS) is 11.7. The lowest BCUT2D eigenvalue weighted by atomic mass is 10.0. The molecule has 0 aliphatic heterocycles. The number of carbonyl (C=O) groups excluding carboxylic acids is 1. The van der Waals surface area contributed by atoms with Crippen molar-refractivity contribution in [2.45, 2.75) is 13.0 Å². The molecule has 0 saturated heterocycles. The average molecular weight is 412 g/mol. The van der Waals surface area contributed by atoms with Crippen LogP contribution >= 0.6 is 0 Å². The van der Waals surface area contributed by atoms with E-state index in [0.29, 0.717) is 11.3 Å². The summed E-state index contributed by atoms with van der Waals surface area (Å²) in [6.07, 6.45) is 3.58. The minimum Gasteiger partial charge on any atom is -0.497 e. The van der Waals surface area contributed by atoms with Crippen LogP contribution in [0.25, 0.3) is 11.3 Å². The first-order chi connectivity index (χ1) is 15.1. The molecular formula is C25H24N4O2. The number of aryl methyl sites for hydroxylation is 2. The maximum atomic E-state index is 13.2. The highest BCUT2D eigenvalue weighted by Gasteiger charge is 2.23. The third kappa shape index (κ3) is 4.33. The number of hydrogen-bond acceptors (Lipinski definition) is 4. The molecule has 1 unspecified atom stereocenters. The van der Waals surface area contributed by atoms with Gasteiger partial charge in [0.25, 0.3) is 5.91 Å². The van der Waals surface area contributed by atoms with Gasteiger partial charge in [-0.1, -0.05) is 42.5 Å². The van der Waals surface area contributed by atoms with Gasteiger partial charge in [-0.3, -0.25) is 9.78 Å². The van der Waals surface area contributed by atoms with Crippen LogP contribution in [0, 0.1) is 6.92 Å². The number of hydrogen-bond donors (Lipinski definition) is 1. The van der Waals surface area contributed by atoms with Gasteiger partial charge in [-0.05, 0) is 36.8 Å². The molecule has 6 heteroatoms. The van der Waals surface area contributed by atoms with Gasteiger partial charge in [0.05, 0.1) is 24.1 Å². The fourth-order valence-corrected chi connectivity index (χ4v) is 3.55. The molecule has 0 bridgehead atoms. The van der Waals surface area contributed by atoms with E-state index < -0.39 is 6.04 Å². The molecule has 0 aliphatic carbocycles. The largest absolute Gasteiger partial charge is 0.497 e. The number of carbonyl (C=O) groups is 1. The van der Waals surface area contributed by atoms with Crippen LogP contribution in [0.5, 0.6) is 5.75 Å². The van der Waals surface area contributed by atoms with Crippen molar-refractivity contribution in [2.24, 2.45) is 7.05 Å². The first-order valence-electron chi connectivity index (χ1n) is 10.0. The maximum Gasteiger partial charge on any atom is 0.253 e. The molecule has 0 fully saturated rings. The summed E-state index contributed by atoms with van der Waals surface area (Å²) >= 11 is 0. The summed E-state index contributed by atoms with van der Waals surface area (Å²) in [5, 5.41) is 3.13. The molecule has 31 heavy (non-hydrogen) atoms. The lowest BCUT2D eigenvalue weighted by molar-refractivity contribution is 0.0940. The van der Waals surface area contributed by atoms with Crippen LogP contribution in [0.3, 0.4) is 0 Å². The Balaban J connectivity index is 1.66. The smallest absolute Gasteiger partial charge is 0.253 e. The Morgan fingerprint density at radius 3 is 2.55 bits per heavy atom. The van der Waals surface area contributed by atoms with Crippen LogP contribution in [0.4, 0.5) is 0 Å². The van der Waals surface area contributed by atoms with Crippen LogP contribution in [0.2, 0.25) is 0 Å². The van der Waals surface area contributed by atoms with E-state index >= 15 is 0 Å². The zero-order valence-corrected chi connectivity index (χ0v) is 17.7. The summed E-state index contributed by atoms with van der Waals surface area (Å²) in [5.74, 6) is 1.24. The van der Waals surface area contributed by atoms with E-state index in [0.717, 1.165) is 28.4 Å². The summed E-state index contributed by atoms with van der Waals surface area (Å²) in [4.78, 5) is 22.4. The molecule has 0 saturated carbocycles. The number of aromatic nitrogens is 3. The van der Waals surface area contributed by atoms with Gasteiger partial charge in [-0.15, -0.1) is 0 Å². The fraction of sp³-hybridized carbons (Fsp3) is 0.160. The maximum absolute atomic E-state index is 13.2. The molecule has 2 aromatic carbocycles. The Bertz CT molecular complexity index is 1200. The van der Waals surface area contributed by atoms with Gasteiger partial charge < -0.3 is 14.6 Å². The Morgan fingerprint density at radius 2 is 1.87 bits per heavy atom. The van der Waals surface area contributed by atoms with Crippen LogP contribution in [-0.4, -0.2) is 27.6 Å². The van der Waals surface area contributed by atoms with Gasteiger partial charge in [0.15, 0.2) is 0 Å². The molecular weight excluding hydrogens is 388 g/mol. The van der Waals surface area contributed by atoms with Crippen molar-refractivity contribution in [2.75, 3.05) is 7.11 Å². The summed E-state index contributed by atoms with van der Waals surface area (Å²) in [7, 11) is 3.53. The van der Waals surface area contributed by atoms with E-state index in [4.69, 9.17) is 4.74 Å². The Labute approximate surface area is 181 Å². The molecule has 6 nitrogen and oxygen atoms in total. The predicted molar refractivity (Wildman–Crippen MR) is 120 cm³/mol. The molecule has 0 aliphatic rings. The van der Waals surface area contributed by atoms with Crippen LogP contribution in [0.15, 0.2) is 79.1 Å². The van der Waals surface area contributed by atoms with E-state index in [2.05, 4.69) is 15.3 Å². The summed E-state index contributed by atoms with van der Waals surface area (Å²) in [6, 6.07) is 20.8. The summed E-state index contributed by atoms with van der Waals surface area (Å²) < 4.78 is 7.26. The monoisotopic (exact) mass is 412 g/mol. The number of benzene rings is 2. The number of ether oxygens (including phenoxy) is 1. The minimum atomic E-state index is -0.434. The molecule has 1 atom stereocenters. The zero-order valence-electron chi connectivity index (χ0n) is 17.7. The SMILES string of the molecule is COc1cccc(C(NC(=O)c2ccc(-c3ccccc3)nc2C)c2nccn2C)c1. The number of methoxy groups -OCH3 is 1. The molecule has 0 radical (unpaired) electrons. The fourth-order valence-electron chi connectivity index (χ4n) is 3.55. The number of pyridine rings is 1. The number of imidazole rings is 1. The standard InChI is InChI=1S/C25H24N4O2/c1-17-21(12-13-22(27-17)18-8-5-4-6-9-18)25(30)28-23(24-26-14-15-29(24)2)19-10-7-11-20(16-19)31-3/h4-16,23H,1-3H3,(H,28,30). The molecule has 4 rings (SSSR count). The molecule has 1 amide bonds. The number of rotatable bonds is 6. The van der Waals surface area contributed by atoms with Gasteiger partial charge in [0.2, 0.25) is 0 Å². The lowest BCUT2D eigenvalue weighted by Crippen LogP contribution is -2.31. The van der Waals surface area contributed by atoms with Crippen LogP contribution in [-0.2, 0) is 7.05 Å². The van der Waals surface area contributed by atoms with E-state index in [-0.39, 0.29) is 5.91 Å². The van der Waals surface area contributed by atoms with Crippen molar-refractivity contribution >= 4 is 5.91 Å². The predicted octanol–water partition coefficient (Wildman–Crippen LogP) is 4.32. The van der Waals surface area contributed by atoms with E-state index in [1.165, 1.54) is 0 Å². The molecule has 2 aromatic heterocycles. The van der Waals surface area contributed by atoms with Gasteiger partial charge >= 0.3 is 0 Å². The molecule has 1 N–H and O–H groups in total. The quantitative estimate of drug-likeness (QED) is 0.512. The third-order valence-electron chi connectivity index (χ3n) is 5.22. The Morgan fingerprint density at radius 1 is 1.06 bits per heavy atom. The van der Waals surface area contributed by atoms with Crippen molar-refractivity contribution in [3.63, 3.8) is 0 Å². The van der Waals surface area contributed by atoms with Crippen molar-refractivity contribution in [1.82, 2.24) is 19.9 Å². The van der Waals surface area contributed by atoms with Gasteiger partial charge in [0, 0.05) is 25.0 Å². The Kier molecular flexibility index (Phi) is 5.80. The van der Waals surface area contributed by atoms with Crippen molar-refractivity contribution in [1.29, 1.82) is 0 Å².